The topological polar surface area (TPSA) is 106 Å². The fraction of sp³-hybridized carbons (Fsp3) is 0.500. The molecule has 0 saturated carbocycles. The Morgan fingerprint density at radius 2 is 1.69 bits per heavy atom. The third kappa shape index (κ3) is 6.05. The monoisotopic (exact) mass is 613 g/mol. The highest BCUT2D eigenvalue weighted by Crippen LogP contribution is 2.31. The van der Waals surface area contributed by atoms with Gasteiger partial charge in [0, 0.05) is 36.6 Å². The molecule has 6 rings (SSSR count). The minimum atomic E-state index is -0.589. The van der Waals surface area contributed by atoms with Crippen molar-refractivity contribution < 1.29 is 14.3 Å². The largest absolute Gasteiger partial charge is 0.462 e. The molecule has 4 aromatic rings. The number of nitrogens with zero attached hydrogens (tertiary/aromatic N) is 7. The normalized spacial score (nSPS) is 21.1. The van der Waals surface area contributed by atoms with E-state index in [4.69, 9.17) is 24.4 Å². The van der Waals surface area contributed by atoms with Crippen molar-refractivity contribution in [3.05, 3.63) is 58.6 Å². The van der Waals surface area contributed by atoms with Crippen molar-refractivity contribution >= 4 is 33.7 Å². The van der Waals surface area contributed by atoms with E-state index in [0.717, 1.165) is 35.8 Å². The number of likely N-dealkylation sites (tertiary alicyclic amines) is 1. The van der Waals surface area contributed by atoms with E-state index in [9.17, 15) is 9.59 Å². The number of aryl methyl sites for hydroxylation is 1. The molecule has 238 valence electrons. The van der Waals surface area contributed by atoms with E-state index >= 15 is 0 Å². The standard InChI is InChI=1S/C34H43N7O4/c1-21-18-39(33(43)45-34(4,5)6)19-22(2)40(21)30-28-29(36-32(37-30)44-20-25-14-11-17-38(25)7)31(42)41(23(3)35-28)27-16-10-13-24-12-8-9-15-26(24)27/h8-10,12-13,15-16,21-22,25H,11,14,17-20H2,1-7H3/t21-,22-,25-/m0/s1. The molecule has 0 radical (unpaired) electrons. The lowest BCUT2D eigenvalue weighted by Crippen LogP contribution is -2.59. The summed E-state index contributed by atoms with van der Waals surface area (Å²) in [7, 11) is 2.09. The number of carbonyl (C=O) groups is 1. The van der Waals surface area contributed by atoms with E-state index in [1.165, 1.54) is 0 Å². The smallest absolute Gasteiger partial charge is 0.410 e. The fourth-order valence-electron chi connectivity index (χ4n) is 6.65. The van der Waals surface area contributed by atoms with Crippen LogP contribution >= 0.6 is 0 Å². The third-order valence-corrected chi connectivity index (χ3v) is 8.75. The molecule has 1 amide bonds. The Hall–Kier alpha value is -4.25. The van der Waals surface area contributed by atoms with Gasteiger partial charge >= 0.3 is 12.1 Å². The number of likely N-dealkylation sites (N-methyl/N-ethyl adjacent to an activating group) is 1. The van der Waals surface area contributed by atoms with Gasteiger partial charge in [-0.05, 0) is 79.4 Å². The molecule has 2 aliphatic heterocycles. The van der Waals surface area contributed by atoms with E-state index in [1.54, 1.807) is 9.47 Å². The minimum Gasteiger partial charge on any atom is -0.462 e. The summed E-state index contributed by atoms with van der Waals surface area (Å²) in [4.78, 5) is 48.1. The highest BCUT2D eigenvalue weighted by atomic mass is 16.6. The number of ether oxygens (including phenoxy) is 2. The van der Waals surface area contributed by atoms with Gasteiger partial charge in [0.2, 0.25) is 0 Å². The number of piperazine rings is 1. The van der Waals surface area contributed by atoms with Gasteiger partial charge in [-0.2, -0.15) is 9.97 Å². The first-order chi connectivity index (χ1) is 21.4. The van der Waals surface area contributed by atoms with Crippen molar-refractivity contribution in [1.82, 2.24) is 29.3 Å². The number of carbonyl (C=O) groups excluding carboxylic acids is 1. The second-order valence-corrected chi connectivity index (χ2v) is 13.4. The molecule has 45 heavy (non-hydrogen) atoms. The molecule has 2 aromatic carbocycles. The Morgan fingerprint density at radius 3 is 2.38 bits per heavy atom. The van der Waals surface area contributed by atoms with Crippen molar-refractivity contribution in [3.63, 3.8) is 0 Å². The van der Waals surface area contributed by atoms with E-state index in [-0.39, 0.29) is 41.3 Å². The molecule has 2 saturated heterocycles. The number of hydrogen-bond donors (Lipinski definition) is 0. The summed E-state index contributed by atoms with van der Waals surface area (Å²) in [6.07, 6.45) is 1.81. The van der Waals surface area contributed by atoms with Crippen LogP contribution in [0.15, 0.2) is 47.3 Å². The predicted octanol–water partition coefficient (Wildman–Crippen LogP) is 4.94. The van der Waals surface area contributed by atoms with E-state index in [1.807, 2.05) is 84.0 Å². The molecule has 4 heterocycles. The molecule has 11 heteroatoms. The molecule has 2 aliphatic rings. The van der Waals surface area contributed by atoms with Crippen LogP contribution in [-0.2, 0) is 4.74 Å². The zero-order valence-electron chi connectivity index (χ0n) is 27.3. The summed E-state index contributed by atoms with van der Waals surface area (Å²) in [5, 5.41) is 1.97. The Balaban J connectivity index is 1.46. The van der Waals surface area contributed by atoms with Crippen LogP contribution in [0.3, 0.4) is 0 Å². The summed E-state index contributed by atoms with van der Waals surface area (Å²) in [6.45, 7) is 13.8. The zero-order chi connectivity index (χ0) is 32.0. The van der Waals surface area contributed by atoms with Crippen molar-refractivity contribution in [3.8, 4) is 11.7 Å². The van der Waals surface area contributed by atoms with Crippen molar-refractivity contribution in [2.24, 2.45) is 0 Å². The second kappa shape index (κ2) is 11.9. The van der Waals surface area contributed by atoms with Crippen LogP contribution in [0.2, 0.25) is 0 Å². The van der Waals surface area contributed by atoms with E-state index < -0.39 is 5.60 Å². The number of amides is 1. The number of aromatic nitrogens is 4. The first-order valence-corrected chi connectivity index (χ1v) is 15.8. The maximum absolute atomic E-state index is 14.4. The Morgan fingerprint density at radius 1 is 0.978 bits per heavy atom. The summed E-state index contributed by atoms with van der Waals surface area (Å²) >= 11 is 0. The number of anilines is 1. The van der Waals surface area contributed by atoms with Crippen molar-refractivity contribution in [2.75, 3.05) is 38.2 Å². The SMILES string of the molecule is Cc1nc2c(N3[C@@H](C)CN(C(=O)OC(C)(C)C)C[C@@H]3C)nc(OC[C@@H]3CCCN3C)nc2c(=O)n1-c1cccc2ccccc12. The maximum atomic E-state index is 14.4. The molecule has 0 aliphatic carbocycles. The van der Waals surface area contributed by atoms with Crippen LogP contribution in [-0.4, -0.2) is 92.4 Å². The molecule has 3 atom stereocenters. The van der Waals surface area contributed by atoms with Gasteiger partial charge in [-0.1, -0.05) is 36.4 Å². The second-order valence-electron chi connectivity index (χ2n) is 13.4. The average molecular weight is 614 g/mol. The lowest BCUT2D eigenvalue weighted by atomic mass is 10.1. The highest BCUT2D eigenvalue weighted by molar-refractivity contribution is 5.91. The molecular formula is C34H43N7O4. The van der Waals surface area contributed by atoms with Crippen LogP contribution in [0.5, 0.6) is 6.01 Å². The predicted molar refractivity (Wildman–Crippen MR) is 176 cm³/mol. The highest BCUT2D eigenvalue weighted by Gasteiger charge is 2.37. The number of benzene rings is 2. The lowest BCUT2D eigenvalue weighted by molar-refractivity contribution is 0.0192. The lowest BCUT2D eigenvalue weighted by Gasteiger charge is -2.45. The van der Waals surface area contributed by atoms with Gasteiger partial charge in [0.05, 0.1) is 5.69 Å². The number of hydrogen-bond acceptors (Lipinski definition) is 9. The number of rotatable bonds is 5. The van der Waals surface area contributed by atoms with Gasteiger partial charge < -0.3 is 24.2 Å². The van der Waals surface area contributed by atoms with Gasteiger partial charge in [-0.25, -0.2) is 9.78 Å². The quantitative estimate of drug-likeness (QED) is 0.309. The molecule has 2 aromatic heterocycles. The summed E-state index contributed by atoms with van der Waals surface area (Å²) in [5.74, 6) is 1.06. The van der Waals surface area contributed by atoms with Crippen LogP contribution < -0.4 is 15.2 Å². The van der Waals surface area contributed by atoms with Gasteiger partial charge in [0.25, 0.3) is 5.56 Å². The maximum Gasteiger partial charge on any atom is 0.410 e. The Bertz CT molecular complexity index is 1780. The van der Waals surface area contributed by atoms with Crippen LogP contribution in [0, 0.1) is 6.92 Å². The minimum absolute atomic E-state index is 0.143. The Labute approximate surface area is 263 Å². The first-order valence-electron chi connectivity index (χ1n) is 15.8. The van der Waals surface area contributed by atoms with Crippen LogP contribution in [0.1, 0.15) is 53.3 Å². The molecule has 0 unspecified atom stereocenters. The fourth-order valence-corrected chi connectivity index (χ4v) is 6.65. The van der Waals surface area contributed by atoms with Gasteiger partial charge in [-0.3, -0.25) is 9.36 Å². The first kappa shape index (κ1) is 30.8. The number of fused-ring (bicyclic) bond motifs is 2. The summed E-state index contributed by atoms with van der Waals surface area (Å²) < 4.78 is 13.5. The summed E-state index contributed by atoms with van der Waals surface area (Å²) in [5.41, 5.74) is 0.487. The van der Waals surface area contributed by atoms with Gasteiger partial charge in [0.15, 0.2) is 11.3 Å². The molecule has 11 nitrogen and oxygen atoms in total. The molecule has 0 N–H and O–H groups in total. The van der Waals surface area contributed by atoms with Crippen LogP contribution in [0.25, 0.3) is 27.5 Å². The molecule has 0 bridgehead atoms. The van der Waals surface area contributed by atoms with E-state index in [2.05, 4.69) is 16.8 Å². The Kier molecular flexibility index (Phi) is 8.15. The molecular weight excluding hydrogens is 570 g/mol. The van der Waals surface area contributed by atoms with Crippen molar-refractivity contribution in [2.45, 2.75) is 78.1 Å². The summed E-state index contributed by atoms with van der Waals surface area (Å²) in [6, 6.07) is 14.0. The van der Waals surface area contributed by atoms with Gasteiger partial charge in [0.1, 0.15) is 23.5 Å². The zero-order valence-corrected chi connectivity index (χ0v) is 27.3. The van der Waals surface area contributed by atoms with Crippen LogP contribution in [0.4, 0.5) is 10.6 Å². The van der Waals surface area contributed by atoms with E-state index in [0.29, 0.717) is 36.9 Å². The third-order valence-electron chi connectivity index (χ3n) is 8.75. The van der Waals surface area contributed by atoms with Crippen molar-refractivity contribution in [1.29, 1.82) is 0 Å². The average Bonchev–Trinajstić information content (AvgIpc) is 3.39. The van der Waals surface area contributed by atoms with Gasteiger partial charge in [-0.15, -0.1) is 0 Å². The molecule has 0 spiro atoms. The molecule has 2 fully saturated rings.